The SMILES string of the molecule is CN1CCC(n2ccnc2-c2cnsc2)C1=O. The predicted octanol–water partition coefficient (Wildman–Crippen LogP) is 1.41. The van der Waals surface area contributed by atoms with Crippen LogP contribution in [0.1, 0.15) is 12.5 Å². The zero-order valence-electron chi connectivity index (χ0n) is 9.41. The number of nitrogens with zero attached hydrogens (tertiary/aromatic N) is 4. The van der Waals surface area contributed by atoms with Crippen molar-refractivity contribution >= 4 is 17.4 Å². The lowest BCUT2D eigenvalue weighted by Gasteiger charge is -2.13. The van der Waals surface area contributed by atoms with Crippen LogP contribution in [-0.2, 0) is 4.79 Å². The van der Waals surface area contributed by atoms with Crippen molar-refractivity contribution in [3.8, 4) is 11.4 Å². The first-order chi connectivity index (χ1) is 8.27. The normalized spacial score (nSPS) is 20.2. The van der Waals surface area contributed by atoms with Crippen LogP contribution in [0, 0.1) is 0 Å². The summed E-state index contributed by atoms with van der Waals surface area (Å²) in [6.07, 6.45) is 6.23. The van der Waals surface area contributed by atoms with Crippen molar-refractivity contribution in [2.75, 3.05) is 13.6 Å². The third-order valence-corrected chi connectivity index (χ3v) is 3.68. The summed E-state index contributed by atoms with van der Waals surface area (Å²) in [5.41, 5.74) is 0.974. The van der Waals surface area contributed by atoms with Crippen LogP contribution in [0.15, 0.2) is 24.0 Å². The first-order valence-corrected chi connectivity index (χ1v) is 6.28. The van der Waals surface area contributed by atoms with E-state index >= 15 is 0 Å². The van der Waals surface area contributed by atoms with Gasteiger partial charge < -0.3 is 9.47 Å². The second-order valence-electron chi connectivity index (χ2n) is 4.14. The molecule has 0 saturated carbocycles. The zero-order valence-corrected chi connectivity index (χ0v) is 10.2. The third kappa shape index (κ3) is 1.64. The number of aromatic nitrogens is 3. The zero-order chi connectivity index (χ0) is 11.8. The van der Waals surface area contributed by atoms with E-state index in [2.05, 4.69) is 9.36 Å². The molecule has 1 aliphatic rings. The van der Waals surface area contributed by atoms with Crippen LogP contribution in [-0.4, -0.2) is 38.3 Å². The van der Waals surface area contributed by atoms with Crippen molar-refractivity contribution < 1.29 is 4.79 Å². The van der Waals surface area contributed by atoms with Crippen LogP contribution in [0.4, 0.5) is 0 Å². The van der Waals surface area contributed by atoms with Gasteiger partial charge >= 0.3 is 0 Å². The van der Waals surface area contributed by atoms with Crippen molar-refractivity contribution in [1.82, 2.24) is 18.8 Å². The van der Waals surface area contributed by atoms with Crippen molar-refractivity contribution in [1.29, 1.82) is 0 Å². The maximum absolute atomic E-state index is 12.0. The van der Waals surface area contributed by atoms with Crippen LogP contribution < -0.4 is 0 Å². The number of likely N-dealkylation sites (N-methyl/N-ethyl adjacent to an activating group) is 1. The molecule has 0 bridgehead atoms. The van der Waals surface area contributed by atoms with Gasteiger partial charge in [-0.1, -0.05) is 0 Å². The molecule has 17 heavy (non-hydrogen) atoms. The average molecular weight is 248 g/mol. The van der Waals surface area contributed by atoms with E-state index in [0.29, 0.717) is 0 Å². The Morgan fingerprint density at radius 2 is 2.41 bits per heavy atom. The Balaban J connectivity index is 2.00. The fourth-order valence-corrected chi connectivity index (χ4v) is 2.68. The highest BCUT2D eigenvalue weighted by Crippen LogP contribution is 2.28. The number of hydrogen-bond donors (Lipinski definition) is 0. The van der Waals surface area contributed by atoms with Crippen LogP contribution in [0.25, 0.3) is 11.4 Å². The quantitative estimate of drug-likeness (QED) is 0.807. The topological polar surface area (TPSA) is 51.0 Å². The largest absolute Gasteiger partial charge is 0.344 e. The molecule has 0 radical (unpaired) electrons. The standard InChI is InChI=1S/C11H12N4OS/c1-14-4-2-9(11(14)16)15-5-3-12-10(15)8-6-13-17-7-8/h3,5-7,9H,2,4H2,1H3. The van der Waals surface area contributed by atoms with Crippen LogP contribution >= 0.6 is 11.5 Å². The minimum atomic E-state index is -0.114. The molecule has 2 aromatic rings. The molecule has 6 heteroatoms. The Kier molecular flexibility index (Phi) is 2.44. The lowest BCUT2D eigenvalue weighted by molar-refractivity contribution is -0.129. The number of amides is 1. The highest BCUT2D eigenvalue weighted by molar-refractivity contribution is 7.03. The molecule has 88 valence electrons. The molecule has 1 amide bonds. The molecule has 3 rings (SSSR count). The van der Waals surface area contributed by atoms with Crippen molar-refractivity contribution in [3.63, 3.8) is 0 Å². The maximum Gasteiger partial charge on any atom is 0.245 e. The molecule has 1 aliphatic heterocycles. The van der Waals surface area contributed by atoms with E-state index in [0.717, 1.165) is 24.4 Å². The van der Waals surface area contributed by atoms with Gasteiger partial charge in [0.15, 0.2) is 0 Å². The molecule has 1 atom stereocenters. The van der Waals surface area contributed by atoms with E-state index in [1.807, 2.05) is 23.2 Å². The fraction of sp³-hybridized carbons (Fsp3) is 0.364. The smallest absolute Gasteiger partial charge is 0.245 e. The van der Waals surface area contributed by atoms with Gasteiger partial charge in [0.25, 0.3) is 0 Å². The summed E-state index contributed by atoms with van der Waals surface area (Å²) in [4.78, 5) is 18.1. The van der Waals surface area contributed by atoms with Gasteiger partial charge in [-0.15, -0.1) is 0 Å². The van der Waals surface area contributed by atoms with E-state index in [1.54, 1.807) is 17.3 Å². The summed E-state index contributed by atoms with van der Waals surface area (Å²) >= 11 is 1.39. The predicted molar refractivity (Wildman–Crippen MR) is 64.6 cm³/mol. The lowest BCUT2D eigenvalue weighted by atomic mass is 10.2. The second-order valence-corrected chi connectivity index (χ2v) is 4.79. The summed E-state index contributed by atoms with van der Waals surface area (Å²) < 4.78 is 6.03. The Bertz CT molecular complexity index is 533. The number of carbonyl (C=O) groups excluding carboxylic acids is 1. The van der Waals surface area contributed by atoms with Crippen molar-refractivity contribution in [3.05, 3.63) is 24.0 Å². The first kappa shape index (κ1) is 10.5. The van der Waals surface area contributed by atoms with E-state index < -0.39 is 0 Å². The highest BCUT2D eigenvalue weighted by Gasteiger charge is 2.31. The second kappa shape index (κ2) is 3.96. The van der Waals surface area contributed by atoms with Crippen molar-refractivity contribution in [2.45, 2.75) is 12.5 Å². The van der Waals surface area contributed by atoms with Gasteiger partial charge in [-0.2, -0.15) is 0 Å². The van der Waals surface area contributed by atoms with Gasteiger partial charge in [0.1, 0.15) is 11.9 Å². The minimum Gasteiger partial charge on any atom is -0.344 e. The minimum absolute atomic E-state index is 0.114. The van der Waals surface area contributed by atoms with Gasteiger partial charge in [0, 0.05) is 36.9 Å². The summed E-state index contributed by atoms with van der Waals surface area (Å²) in [6, 6.07) is -0.114. The van der Waals surface area contributed by atoms with Gasteiger partial charge in [-0.3, -0.25) is 4.79 Å². The van der Waals surface area contributed by atoms with E-state index in [-0.39, 0.29) is 11.9 Å². The molecule has 0 aromatic carbocycles. The third-order valence-electron chi connectivity index (χ3n) is 3.09. The van der Waals surface area contributed by atoms with Gasteiger partial charge in [0.2, 0.25) is 5.91 Å². The van der Waals surface area contributed by atoms with Crippen LogP contribution in [0.5, 0.6) is 0 Å². The number of imidazole rings is 1. The van der Waals surface area contributed by atoms with E-state index in [9.17, 15) is 4.79 Å². The molecular formula is C11H12N4OS. The fourth-order valence-electron chi connectivity index (χ4n) is 2.17. The molecule has 1 fully saturated rings. The van der Waals surface area contributed by atoms with Gasteiger partial charge in [-0.05, 0) is 18.0 Å². The number of hydrogen-bond acceptors (Lipinski definition) is 4. The molecule has 2 aromatic heterocycles. The van der Waals surface area contributed by atoms with E-state index in [1.165, 1.54) is 11.5 Å². The summed E-state index contributed by atoms with van der Waals surface area (Å²) in [7, 11) is 1.84. The summed E-state index contributed by atoms with van der Waals surface area (Å²) in [5.74, 6) is 0.986. The monoisotopic (exact) mass is 248 g/mol. The highest BCUT2D eigenvalue weighted by atomic mass is 32.1. The molecule has 0 aliphatic carbocycles. The number of rotatable bonds is 2. The maximum atomic E-state index is 12.0. The Morgan fingerprint density at radius 1 is 1.53 bits per heavy atom. The molecule has 0 spiro atoms. The van der Waals surface area contributed by atoms with Gasteiger partial charge in [0.05, 0.1) is 6.20 Å². The Hall–Kier alpha value is -1.69. The molecular weight excluding hydrogens is 236 g/mol. The summed E-state index contributed by atoms with van der Waals surface area (Å²) in [5, 5.41) is 1.95. The average Bonchev–Trinajstić information content (AvgIpc) is 3.01. The molecule has 1 unspecified atom stereocenters. The van der Waals surface area contributed by atoms with Crippen LogP contribution in [0.3, 0.4) is 0 Å². The van der Waals surface area contributed by atoms with E-state index in [4.69, 9.17) is 0 Å². The molecule has 1 saturated heterocycles. The lowest BCUT2D eigenvalue weighted by Crippen LogP contribution is -2.24. The Labute approximate surface area is 103 Å². The van der Waals surface area contributed by atoms with Crippen LogP contribution in [0.2, 0.25) is 0 Å². The summed E-state index contributed by atoms with van der Waals surface area (Å²) in [6.45, 7) is 0.809. The Morgan fingerprint density at radius 3 is 3.06 bits per heavy atom. The first-order valence-electron chi connectivity index (χ1n) is 5.45. The van der Waals surface area contributed by atoms with Crippen molar-refractivity contribution in [2.24, 2.45) is 0 Å². The van der Waals surface area contributed by atoms with Gasteiger partial charge in [-0.25, -0.2) is 9.36 Å². The number of likely N-dealkylation sites (tertiary alicyclic amines) is 1. The number of carbonyl (C=O) groups is 1. The molecule has 0 N–H and O–H groups in total. The molecule has 3 heterocycles. The molecule has 5 nitrogen and oxygen atoms in total.